The van der Waals surface area contributed by atoms with Gasteiger partial charge in [-0.15, -0.1) is 0 Å². The van der Waals surface area contributed by atoms with Crippen LogP contribution in [-0.4, -0.2) is 30.0 Å². The summed E-state index contributed by atoms with van der Waals surface area (Å²) in [5, 5.41) is 4.71. The zero-order chi connectivity index (χ0) is 17.3. The van der Waals surface area contributed by atoms with Crippen LogP contribution in [0.5, 0.6) is 5.75 Å². The van der Waals surface area contributed by atoms with Crippen molar-refractivity contribution in [2.75, 3.05) is 14.2 Å². The Morgan fingerprint density at radius 1 is 1.17 bits per heavy atom. The molecule has 0 atom stereocenters. The van der Waals surface area contributed by atoms with Gasteiger partial charge < -0.3 is 9.47 Å². The molecule has 0 fully saturated rings. The number of esters is 1. The molecule has 3 aromatic rings. The first-order chi connectivity index (χ1) is 11.5. The van der Waals surface area contributed by atoms with Crippen molar-refractivity contribution in [2.24, 2.45) is 0 Å². The van der Waals surface area contributed by atoms with Crippen LogP contribution in [0.3, 0.4) is 0 Å². The van der Waals surface area contributed by atoms with Crippen LogP contribution in [0.1, 0.15) is 16.1 Å². The fourth-order valence-electron chi connectivity index (χ4n) is 2.49. The van der Waals surface area contributed by atoms with Crippen LogP contribution in [-0.2, 0) is 11.3 Å². The van der Waals surface area contributed by atoms with Crippen LogP contribution >= 0.6 is 0 Å². The lowest BCUT2D eigenvalue weighted by molar-refractivity contribution is 0.0595. The van der Waals surface area contributed by atoms with Crippen molar-refractivity contribution in [3.05, 3.63) is 59.3 Å². The largest absolute Gasteiger partial charge is 0.497 e. The molecule has 0 bridgehead atoms. The third-order valence-corrected chi connectivity index (χ3v) is 3.69. The summed E-state index contributed by atoms with van der Waals surface area (Å²) in [5.74, 6) is -2.01. The van der Waals surface area contributed by atoms with E-state index in [1.807, 2.05) is 0 Å². The summed E-state index contributed by atoms with van der Waals surface area (Å²) in [6, 6.07) is 9.12. The second-order valence-electron chi connectivity index (χ2n) is 5.08. The highest BCUT2D eigenvalue weighted by molar-refractivity contribution is 6.02. The first-order valence-corrected chi connectivity index (χ1v) is 7.11. The van der Waals surface area contributed by atoms with Gasteiger partial charge in [0.1, 0.15) is 17.4 Å². The second kappa shape index (κ2) is 6.27. The highest BCUT2D eigenvalue weighted by Gasteiger charge is 2.19. The molecule has 5 nitrogen and oxygen atoms in total. The maximum atomic E-state index is 14.2. The Hall–Kier alpha value is -2.96. The highest BCUT2D eigenvalue weighted by Crippen LogP contribution is 2.24. The van der Waals surface area contributed by atoms with Gasteiger partial charge in [0.2, 0.25) is 0 Å². The Balaban J connectivity index is 2.10. The van der Waals surface area contributed by atoms with Crippen LogP contribution < -0.4 is 4.74 Å². The summed E-state index contributed by atoms with van der Waals surface area (Å²) in [6.45, 7) is -0.167. The number of para-hydroxylation sites is 1. The summed E-state index contributed by atoms with van der Waals surface area (Å²) in [5.41, 5.74) is 0.510. The van der Waals surface area contributed by atoms with E-state index in [1.54, 1.807) is 24.3 Å². The average molecular weight is 332 g/mol. The molecule has 24 heavy (non-hydrogen) atoms. The summed E-state index contributed by atoms with van der Waals surface area (Å²) in [7, 11) is 2.58. The number of rotatable bonds is 4. The Morgan fingerprint density at radius 2 is 1.83 bits per heavy atom. The molecular weight excluding hydrogens is 318 g/mol. The third kappa shape index (κ3) is 2.68. The lowest BCUT2D eigenvalue weighted by Crippen LogP contribution is -2.09. The number of fused-ring (bicyclic) bond motifs is 1. The summed E-state index contributed by atoms with van der Waals surface area (Å²) >= 11 is 0. The number of benzene rings is 2. The molecule has 124 valence electrons. The van der Waals surface area contributed by atoms with Crippen molar-refractivity contribution in [3.8, 4) is 5.75 Å². The fourth-order valence-corrected chi connectivity index (χ4v) is 2.49. The van der Waals surface area contributed by atoms with Gasteiger partial charge in [-0.05, 0) is 6.07 Å². The van der Waals surface area contributed by atoms with Gasteiger partial charge in [0.05, 0.1) is 26.3 Å². The van der Waals surface area contributed by atoms with Crippen LogP contribution in [0, 0.1) is 11.6 Å². The van der Waals surface area contributed by atoms with Crippen molar-refractivity contribution in [3.63, 3.8) is 0 Å². The fraction of sp³-hybridized carbons (Fsp3) is 0.176. The first kappa shape index (κ1) is 15.9. The number of carbonyl (C=O) groups excluding carboxylic acids is 1. The quantitative estimate of drug-likeness (QED) is 0.689. The summed E-state index contributed by atoms with van der Waals surface area (Å²) < 4.78 is 39.2. The zero-order valence-electron chi connectivity index (χ0n) is 13.0. The smallest absolute Gasteiger partial charge is 0.359 e. The topological polar surface area (TPSA) is 53.3 Å². The maximum Gasteiger partial charge on any atom is 0.359 e. The van der Waals surface area contributed by atoms with Gasteiger partial charge in [-0.1, -0.05) is 18.2 Å². The molecule has 0 aliphatic heterocycles. The molecule has 0 amide bonds. The van der Waals surface area contributed by atoms with E-state index >= 15 is 0 Å². The number of halogens is 2. The minimum Gasteiger partial charge on any atom is -0.497 e. The minimum atomic E-state index is -0.744. The number of hydrogen-bond donors (Lipinski definition) is 0. The number of carbonyl (C=O) groups is 1. The van der Waals surface area contributed by atoms with Crippen molar-refractivity contribution in [2.45, 2.75) is 6.54 Å². The lowest BCUT2D eigenvalue weighted by Gasteiger charge is -2.08. The third-order valence-electron chi connectivity index (χ3n) is 3.69. The van der Waals surface area contributed by atoms with E-state index in [9.17, 15) is 13.6 Å². The van der Waals surface area contributed by atoms with Crippen molar-refractivity contribution in [1.29, 1.82) is 0 Å². The molecule has 0 aliphatic rings. The molecule has 0 saturated heterocycles. The zero-order valence-corrected chi connectivity index (χ0v) is 13.0. The maximum absolute atomic E-state index is 14.2. The van der Waals surface area contributed by atoms with Crippen LogP contribution in [0.15, 0.2) is 36.4 Å². The number of nitrogens with zero attached hydrogens (tertiary/aromatic N) is 2. The molecule has 0 unspecified atom stereocenters. The van der Waals surface area contributed by atoms with Crippen LogP contribution in [0.4, 0.5) is 8.78 Å². The van der Waals surface area contributed by atoms with E-state index in [0.29, 0.717) is 10.9 Å². The summed E-state index contributed by atoms with van der Waals surface area (Å²) in [6.07, 6.45) is 0. The van der Waals surface area contributed by atoms with Crippen molar-refractivity contribution in [1.82, 2.24) is 9.78 Å². The molecule has 1 heterocycles. The van der Waals surface area contributed by atoms with Gasteiger partial charge in [-0.2, -0.15) is 5.10 Å². The van der Waals surface area contributed by atoms with Gasteiger partial charge in [0.15, 0.2) is 5.69 Å². The van der Waals surface area contributed by atoms with E-state index in [2.05, 4.69) is 5.10 Å². The molecule has 1 aromatic heterocycles. The predicted octanol–water partition coefficient (Wildman–Crippen LogP) is 3.16. The van der Waals surface area contributed by atoms with Gasteiger partial charge in [0, 0.05) is 23.1 Å². The van der Waals surface area contributed by atoms with Crippen LogP contribution in [0.2, 0.25) is 0 Å². The van der Waals surface area contributed by atoms with Crippen molar-refractivity contribution >= 4 is 16.9 Å². The Labute approximate surface area is 136 Å². The van der Waals surface area contributed by atoms with E-state index < -0.39 is 17.6 Å². The number of ether oxygens (including phenoxy) is 2. The van der Waals surface area contributed by atoms with Crippen molar-refractivity contribution < 1.29 is 23.0 Å². The second-order valence-corrected chi connectivity index (χ2v) is 5.08. The molecule has 0 saturated carbocycles. The SMILES string of the molecule is COC(=O)c1nn(Cc2c(F)cc(OC)cc2F)c2ccccc12. The van der Waals surface area contributed by atoms with E-state index in [4.69, 9.17) is 9.47 Å². The monoisotopic (exact) mass is 332 g/mol. The van der Waals surface area contributed by atoms with Crippen LogP contribution in [0.25, 0.3) is 10.9 Å². The van der Waals surface area contributed by atoms with Gasteiger partial charge in [-0.25, -0.2) is 13.6 Å². The normalized spacial score (nSPS) is 10.8. The molecule has 0 N–H and O–H groups in total. The number of hydrogen-bond acceptors (Lipinski definition) is 4. The molecule has 3 rings (SSSR count). The molecule has 2 aromatic carbocycles. The molecule has 0 aliphatic carbocycles. The minimum absolute atomic E-state index is 0.0920. The Morgan fingerprint density at radius 3 is 2.46 bits per heavy atom. The number of methoxy groups -OCH3 is 2. The molecule has 0 spiro atoms. The predicted molar refractivity (Wildman–Crippen MR) is 83.1 cm³/mol. The molecule has 7 heteroatoms. The van der Waals surface area contributed by atoms with E-state index in [0.717, 1.165) is 12.1 Å². The van der Waals surface area contributed by atoms with Gasteiger partial charge in [-0.3, -0.25) is 4.68 Å². The number of aromatic nitrogens is 2. The molecular formula is C17H14F2N2O3. The average Bonchev–Trinajstić information content (AvgIpc) is 2.96. The first-order valence-electron chi connectivity index (χ1n) is 7.11. The summed E-state index contributed by atoms with van der Waals surface area (Å²) in [4.78, 5) is 11.8. The highest BCUT2D eigenvalue weighted by atomic mass is 19.1. The van der Waals surface area contributed by atoms with Gasteiger partial charge >= 0.3 is 5.97 Å². The standard InChI is InChI=1S/C17H14F2N2O3/c1-23-10-7-13(18)12(14(19)8-10)9-21-15-6-4-3-5-11(15)16(20-21)17(22)24-2/h3-8H,9H2,1-2H3. The van der Waals surface area contributed by atoms with Gasteiger partial charge in [0.25, 0.3) is 0 Å². The lowest BCUT2D eigenvalue weighted by atomic mass is 10.1. The van der Waals surface area contributed by atoms with E-state index in [1.165, 1.54) is 18.9 Å². The molecule has 0 radical (unpaired) electrons. The Kier molecular flexibility index (Phi) is 4.16. The van der Waals surface area contributed by atoms with E-state index in [-0.39, 0.29) is 23.6 Å². The Bertz CT molecular complexity index is 898.